The van der Waals surface area contributed by atoms with Crippen molar-refractivity contribution in [1.29, 1.82) is 0 Å². The highest BCUT2D eigenvalue weighted by Crippen LogP contribution is 2.22. The Hall–Kier alpha value is -2.46. The maximum atomic E-state index is 6.11. The molecule has 3 aromatic rings. The van der Waals surface area contributed by atoms with E-state index in [0.717, 1.165) is 19.5 Å². The molecule has 0 N–H and O–H groups in total. The van der Waals surface area contributed by atoms with Gasteiger partial charge in [0.05, 0.1) is 6.04 Å². The molecule has 0 radical (unpaired) electrons. The maximum absolute atomic E-state index is 6.11. The molecule has 1 atom stereocenters. The van der Waals surface area contributed by atoms with Crippen LogP contribution in [0.4, 0.5) is 0 Å². The van der Waals surface area contributed by atoms with E-state index in [2.05, 4.69) is 95.9 Å². The van der Waals surface area contributed by atoms with E-state index < -0.39 is 0 Å². The number of hydrogen-bond acceptors (Lipinski definition) is 3. The van der Waals surface area contributed by atoms with Crippen LogP contribution >= 0.6 is 0 Å². The molecule has 0 saturated carbocycles. The van der Waals surface area contributed by atoms with Crippen molar-refractivity contribution in [2.45, 2.75) is 45.7 Å². The Balaban J connectivity index is 1.94. The molecule has 0 saturated heterocycles. The van der Waals surface area contributed by atoms with E-state index in [1.807, 2.05) is 13.8 Å². The van der Waals surface area contributed by atoms with Crippen LogP contribution in [0.2, 0.25) is 0 Å². The van der Waals surface area contributed by atoms with Gasteiger partial charge in [-0.15, -0.1) is 0 Å². The number of benzene rings is 3. The summed E-state index contributed by atoms with van der Waals surface area (Å²) in [5, 5.41) is 0. The lowest BCUT2D eigenvalue weighted by Crippen LogP contribution is -2.47. The van der Waals surface area contributed by atoms with Gasteiger partial charge in [0.1, 0.15) is 0 Å². The van der Waals surface area contributed by atoms with Gasteiger partial charge in [0.25, 0.3) is 0 Å². The van der Waals surface area contributed by atoms with E-state index in [4.69, 9.17) is 9.47 Å². The summed E-state index contributed by atoms with van der Waals surface area (Å²) < 4.78 is 12.2. The highest BCUT2D eigenvalue weighted by molar-refractivity contribution is 5.19. The van der Waals surface area contributed by atoms with Gasteiger partial charge in [0, 0.05) is 26.3 Å². The topological polar surface area (TPSA) is 21.7 Å². The predicted octanol–water partition coefficient (Wildman–Crippen LogP) is 5.70. The van der Waals surface area contributed by atoms with E-state index in [1.54, 1.807) is 0 Å². The molecule has 1 unspecified atom stereocenters. The van der Waals surface area contributed by atoms with Crippen molar-refractivity contribution in [3.05, 3.63) is 108 Å². The second-order valence-electron chi connectivity index (χ2n) is 7.41. The molecule has 0 spiro atoms. The molecule has 3 rings (SSSR count). The van der Waals surface area contributed by atoms with Crippen molar-refractivity contribution in [2.24, 2.45) is 0 Å². The summed E-state index contributed by atoms with van der Waals surface area (Å²) >= 11 is 0. The van der Waals surface area contributed by atoms with E-state index in [1.165, 1.54) is 16.7 Å². The molecule has 0 aliphatic heterocycles. The van der Waals surface area contributed by atoms with Gasteiger partial charge in [-0.1, -0.05) is 91.0 Å². The van der Waals surface area contributed by atoms with Gasteiger partial charge in [-0.2, -0.15) is 0 Å². The molecule has 0 heterocycles. The minimum absolute atomic E-state index is 0.0905. The Morgan fingerprint density at radius 3 is 1.40 bits per heavy atom. The Bertz CT molecular complexity index is 776. The molecule has 0 aliphatic carbocycles. The van der Waals surface area contributed by atoms with Gasteiger partial charge in [0.2, 0.25) is 0 Å². The SMILES string of the molecule is CCOC(OCC)C(Cc1ccccc1)N(Cc1ccccc1)Cc1ccccc1. The van der Waals surface area contributed by atoms with Gasteiger partial charge >= 0.3 is 0 Å². The average Bonchev–Trinajstić information content (AvgIpc) is 2.79. The van der Waals surface area contributed by atoms with Gasteiger partial charge < -0.3 is 9.47 Å². The summed E-state index contributed by atoms with van der Waals surface area (Å²) in [4.78, 5) is 2.49. The lowest BCUT2D eigenvalue weighted by molar-refractivity contribution is -0.176. The lowest BCUT2D eigenvalue weighted by atomic mass is 10.0. The predicted molar refractivity (Wildman–Crippen MR) is 123 cm³/mol. The van der Waals surface area contributed by atoms with Crippen LogP contribution in [0.15, 0.2) is 91.0 Å². The molecule has 0 amide bonds. The summed E-state index contributed by atoms with van der Waals surface area (Å²) in [6.45, 7) is 6.99. The monoisotopic (exact) mass is 403 g/mol. The van der Waals surface area contributed by atoms with Crippen LogP contribution < -0.4 is 0 Å². The third-order valence-corrected chi connectivity index (χ3v) is 5.19. The standard InChI is InChI=1S/C27H33NO2/c1-3-29-27(30-4-2)26(20-23-14-8-5-9-15-23)28(21-24-16-10-6-11-17-24)22-25-18-12-7-13-19-25/h5-19,26-27H,3-4,20-22H2,1-2H3. The van der Waals surface area contributed by atoms with Crippen molar-refractivity contribution in [3.8, 4) is 0 Å². The summed E-state index contributed by atoms with van der Waals surface area (Å²) in [5.41, 5.74) is 3.87. The van der Waals surface area contributed by atoms with Crippen molar-refractivity contribution >= 4 is 0 Å². The first-order chi connectivity index (χ1) is 14.8. The van der Waals surface area contributed by atoms with Crippen molar-refractivity contribution in [3.63, 3.8) is 0 Å². The Labute approximate surface area is 181 Å². The summed E-state index contributed by atoms with van der Waals surface area (Å²) in [6.07, 6.45) is 0.582. The second kappa shape index (κ2) is 12.3. The molecule has 0 bridgehead atoms. The first-order valence-electron chi connectivity index (χ1n) is 10.9. The molecule has 0 aromatic heterocycles. The van der Waals surface area contributed by atoms with Crippen molar-refractivity contribution in [1.82, 2.24) is 4.90 Å². The number of ether oxygens (including phenoxy) is 2. The summed E-state index contributed by atoms with van der Waals surface area (Å²) in [5.74, 6) is 0. The van der Waals surface area contributed by atoms with Crippen LogP contribution in [0.5, 0.6) is 0 Å². The molecule has 158 valence electrons. The largest absolute Gasteiger partial charge is 0.351 e. The Morgan fingerprint density at radius 2 is 1.00 bits per heavy atom. The highest BCUT2D eigenvalue weighted by Gasteiger charge is 2.29. The highest BCUT2D eigenvalue weighted by atomic mass is 16.7. The van der Waals surface area contributed by atoms with Crippen LogP contribution in [-0.2, 0) is 29.0 Å². The van der Waals surface area contributed by atoms with Gasteiger partial charge in [-0.25, -0.2) is 0 Å². The number of nitrogens with zero attached hydrogens (tertiary/aromatic N) is 1. The fraction of sp³-hybridized carbons (Fsp3) is 0.333. The normalized spacial score (nSPS) is 12.4. The third-order valence-electron chi connectivity index (χ3n) is 5.19. The lowest BCUT2D eigenvalue weighted by Gasteiger charge is -2.37. The Kier molecular flexibility index (Phi) is 9.10. The van der Waals surface area contributed by atoms with Crippen LogP contribution in [0.3, 0.4) is 0 Å². The zero-order valence-electron chi connectivity index (χ0n) is 18.1. The maximum Gasteiger partial charge on any atom is 0.173 e. The quantitative estimate of drug-likeness (QED) is 0.362. The van der Waals surface area contributed by atoms with Crippen molar-refractivity contribution in [2.75, 3.05) is 13.2 Å². The molecule has 3 nitrogen and oxygen atoms in total. The molecule has 3 heteroatoms. The smallest absolute Gasteiger partial charge is 0.173 e. The first-order valence-corrected chi connectivity index (χ1v) is 10.9. The Morgan fingerprint density at radius 1 is 0.600 bits per heavy atom. The zero-order valence-corrected chi connectivity index (χ0v) is 18.1. The van der Waals surface area contributed by atoms with Gasteiger partial charge in [-0.3, -0.25) is 4.90 Å². The molecular formula is C27H33NO2. The summed E-state index contributed by atoms with van der Waals surface area (Å²) in [6, 6.07) is 32.0. The fourth-order valence-electron chi connectivity index (χ4n) is 3.78. The van der Waals surface area contributed by atoms with Crippen LogP contribution in [-0.4, -0.2) is 30.4 Å². The number of hydrogen-bond donors (Lipinski definition) is 0. The van der Waals surface area contributed by atoms with Gasteiger partial charge in [-0.05, 0) is 37.0 Å². The van der Waals surface area contributed by atoms with Crippen LogP contribution in [0, 0.1) is 0 Å². The molecule has 3 aromatic carbocycles. The molecule has 0 aliphatic rings. The average molecular weight is 404 g/mol. The minimum Gasteiger partial charge on any atom is -0.351 e. The molecular weight excluding hydrogens is 370 g/mol. The minimum atomic E-state index is -0.285. The van der Waals surface area contributed by atoms with E-state index >= 15 is 0 Å². The third kappa shape index (κ3) is 6.81. The van der Waals surface area contributed by atoms with Gasteiger partial charge in [0.15, 0.2) is 6.29 Å². The van der Waals surface area contributed by atoms with E-state index in [0.29, 0.717) is 13.2 Å². The van der Waals surface area contributed by atoms with Crippen LogP contribution in [0.1, 0.15) is 30.5 Å². The zero-order chi connectivity index (χ0) is 21.0. The van der Waals surface area contributed by atoms with E-state index in [-0.39, 0.29) is 12.3 Å². The van der Waals surface area contributed by atoms with E-state index in [9.17, 15) is 0 Å². The first kappa shape index (κ1) is 22.2. The second-order valence-corrected chi connectivity index (χ2v) is 7.41. The van der Waals surface area contributed by atoms with Crippen molar-refractivity contribution < 1.29 is 9.47 Å². The summed E-state index contributed by atoms with van der Waals surface area (Å²) in [7, 11) is 0. The molecule has 0 fully saturated rings. The number of rotatable bonds is 12. The van der Waals surface area contributed by atoms with Crippen LogP contribution in [0.25, 0.3) is 0 Å². The molecule has 30 heavy (non-hydrogen) atoms. The fourth-order valence-corrected chi connectivity index (χ4v) is 3.78.